The predicted octanol–water partition coefficient (Wildman–Crippen LogP) is -6.00. The molecule has 0 aliphatic carbocycles. The summed E-state index contributed by atoms with van der Waals surface area (Å²) in [6, 6.07) is -3.51. The molecule has 12 atom stereocenters. The summed E-state index contributed by atoms with van der Waals surface area (Å²) in [6.45, 7) is 2.59. The fourth-order valence-corrected chi connectivity index (χ4v) is 8.89. The lowest BCUT2D eigenvalue weighted by molar-refractivity contribution is -0.147. The van der Waals surface area contributed by atoms with Crippen molar-refractivity contribution in [2.45, 2.75) is 101 Å². The molecule has 478 valence electrons. The van der Waals surface area contributed by atoms with Crippen LogP contribution in [0.3, 0.4) is 0 Å². The van der Waals surface area contributed by atoms with Crippen LogP contribution in [0.2, 0.25) is 0 Å². The number of likely N-dealkylation sites (tertiary alicyclic amines) is 1. The van der Waals surface area contributed by atoms with Gasteiger partial charge in [0, 0.05) is 52.1 Å². The minimum absolute atomic E-state index is 0.00671. The standard InChI is InChI=1S/C51H82N12O22/c1-4-14-78-16-18-80-20-21-81-19-17-79-15-9-38(69)63-24-30(44(70)56-10-5-7-12-58-50(76)84-41(34(67)26-64)40-28(2)32(61-48(52)53)22-36(82-40)46(72)73)31(25-63)45(71)57-11-6-8-13-59-51(77)85-42(35(68)27-65)43-39(60-29(3)66)33(62-49(54)55)23-37(83-43)47(74)75/h1,22-23,28,30-35,39-43,64-65,67-68H,5-21,24-27H2,2-3H3,(H,56,70)(H,57,71)(H,58,76)(H,59,77)(H,60,66)(H,72,73)(H,74,75)(H4,52,53,61)(H4,54,55,62)/t28-,30-,31-,32+,33+,34-,35-,39-,40-,41-,42-,43-/m1/s1. The topological polar surface area (TPSA) is 524 Å². The zero-order valence-electron chi connectivity index (χ0n) is 47.4. The van der Waals surface area contributed by atoms with E-state index < -0.39 is 145 Å². The van der Waals surface area contributed by atoms with Crippen molar-refractivity contribution in [1.82, 2.24) is 31.5 Å². The molecule has 34 nitrogen and oxygen atoms in total. The van der Waals surface area contributed by atoms with E-state index in [9.17, 15) is 69.0 Å². The maximum Gasteiger partial charge on any atom is 0.407 e. The van der Waals surface area contributed by atoms with Crippen molar-refractivity contribution in [2.24, 2.45) is 50.7 Å². The number of hydrogen-bond acceptors (Lipinski definition) is 22. The number of carboxylic acid groups (broad SMARTS) is 2. The van der Waals surface area contributed by atoms with Crippen LogP contribution in [0.5, 0.6) is 0 Å². The number of terminal acetylenes is 1. The van der Waals surface area contributed by atoms with Crippen LogP contribution >= 0.6 is 0 Å². The highest BCUT2D eigenvalue weighted by Gasteiger charge is 2.48. The molecule has 0 aromatic rings. The molecule has 3 rings (SSSR count). The number of amides is 6. The highest BCUT2D eigenvalue weighted by molar-refractivity contribution is 5.90. The summed E-state index contributed by atoms with van der Waals surface area (Å²) >= 11 is 0. The largest absolute Gasteiger partial charge is 0.479 e. The van der Waals surface area contributed by atoms with Gasteiger partial charge in [-0.05, 0) is 37.8 Å². The van der Waals surface area contributed by atoms with Crippen molar-refractivity contribution in [3.8, 4) is 12.3 Å². The first-order valence-corrected chi connectivity index (χ1v) is 27.3. The van der Waals surface area contributed by atoms with Crippen LogP contribution in [0, 0.1) is 30.1 Å². The minimum atomic E-state index is -1.86. The molecule has 34 heteroatoms. The number of ether oxygens (including phenoxy) is 8. The summed E-state index contributed by atoms with van der Waals surface area (Å²) < 4.78 is 43.4. The Bertz CT molecular complexity index is 2370. The number of aliphatic carboxylic acids is 2. The number of rotatable bonds is 38. The summed E-state index contributed by atoms with van der Waals surface area (Å²) in [5.74, 6) is -7.67. The molecule has 3 heterocycles. The van der Waals surface area contributed by atoms with Gasteiger partial charge in [0.05, 0.1) is 95.8 Å². The average molecular weight is 1220 g/mol. The van der Waals surface area contributed by atoms with Crippen LogP contribution in [0.4, 0.5) is 9.59 Å². The number of aliphatic hydroxyl groups is 4. The van der Waals surface area contributed by atoms with Gasteiger partial charge in [-0.15, -0.1) is 6.42 Å². The molecule has 3 aliphatic rings. The second kappa shape index (κ2) is 38.2. The highest BCUT2D eigenvalue weighted by Crippen LogP contribution is 2.31. The Balaban J connectivity index is 1.57. The molecule has 0 unspecified atom stereocenters. The number of hydrogen-bond donors (Lipinski definition) is 15. The molecular formula is C51H82N12O22. The van der Waals surface area contributed by atoms with Crippen molar-refractivity contribution in [3.05, 3.63) is 23.7 Å². The summed E-state index contributed by atoms with van der Waals surface area (Å²) in [6.07, 6.45) is -3.78. The molecule has 0 bridgehead atoms. The van der Waals surface area contributed by atoms with Crippen molar-refractivity contribution in [2.75, 3.05) is 105 Å². The smallest absolute Gasteiger partial charge is 0.407 e. The number of guanidine groups is 2. The Labute approximate surface area is 489 Å². The van der Waals surface area contributed by atoms with Crippen LogP contribution in [0.15, 0.2) is 33.7 Å². The Morgan fingerprint density at radius 1 is 0.659 bits per heavy atom. The number of nitrogens with two attached hydrogens (primary N) is 4. The van der Waals surface area contributed by atoms with Gasteiger partial charge < -0.3 is 123 Å². The van der Waals surface area contributed by atoms with Crippen molar-refractivity contribution in [1.29, 1.82) is 0 Å². The van der Waals surface area contributed by atoms with Gasteiger partial charge in [-0.3, -0.25) is 19.2 Å². The number of carbonyl (C=O) groups is 8. The molecule has 0 aromatic heterocycles. The molecule has 19 N–H and O–H groups in total. The van der Waals surface area contributed by atoms with Crippen molar-refractivity contribution < 1.29 is 107 Å². The lowest BCUT2D eigenvalue weighted by atomic mass is 9.87. The lowest BCUT2D eigenvalue weighted by Gasteiger charge is -2.39. The van der Waals surface area contributed by atoms with Crippen LogP contribution in [0.25, 0.3) is 0 Å². The third-order valence-electron chi connectivity index (χ3n) is 13.1. The highest BCUT2D eigenvalue weighted by atomic mass is 16.6. The van der Waals surface area contributed by atoms with E-state index in [1.807, 2.05) is 0 Å². The second-order valence-corrected chi connectivity index (χ2v) is 19.5. The molecule has 85 heavy (non-hydrogen) atoms. The summed E-state index contributed by atoms with van der Waals surface area (Å²) in [5.41, 5.74) is 22.1. The number of alkyl carbamates (subject to hydrolysis) is 2. The van der Waals surface area contributed by atoms with Gasteiger partial charge in [0.25, 0.3) is 0 Å². The molecule has 0 radical (unpaired) electrons. The second-order valence-electron chi connectivity index (χ2n) is 19.5. The first-order valence-electron chi connectivity index (χ1n) is 27.3. The van der Waals surface area contributed by atoms with E-state index in [1.54, 1.807) is 6.92 Å². The number of unbranched alkanes of at least 4 members (excludes halogenated alkanes) is 2. The zero-order valence-corrected chi connectivity index (χ0v) is 47.4. The van der Waals surface area contributed by atoms with E-state index in [1.165, 1.54) is 4.90 Å². The maximum atomic E-state index is 13.7. The fourth-order valence-electron chi connectivity index (χ4n) is 8.89. The maximum absolute atomic E-state index is 13.7. The minimum Gasteiger partial charge on any atom is -0.479 e. The van der Waals surface area contributed by atoms with E-state index in [0.29, 0.717) is 32.8 Å². The van der Waals surface area contributed by atoms with Gasteiger partial charge in [0.2, 0.25) is 35.1 Å². The molecule has 1 fully saturated rings. The van der Waals surface area contributed by atoms with Gasteiger partial charge in [0.15, 0.2) is 30.2 Å². The Kier molecular flexibility index (Phi) is 32.1. The van der Waals surface area contributed by atoms with E-state index in [0.717, 1.165) is 19.1 Å². The monoisotopic (exact) mass is 1210 g/mol. The van der Waals surface area contributed by atoms with Gasteiger partial charge >= 0.3 is 24.1 Å². The van der Waals surface area contributed by atoms with Crippen molar-refractivity contribution >= 4 is 59.7 Å². The van der Waals surface area contributed by atoms with E-state index in [-0.39, 0.29) is 103 Å². The van der Waals surface area contributed by atoms with E-state index >= 15 is 0 Å². The predicted molar refractivity (Wildman–Crippen MR) is 295 cm³/mol. The van der Waals surface area contributed by atoms with Gasteiger partial charge in [0.1, 0.15) is 24.9 Å². The van der Waals surface area contributed by atoms with Crippen LogP contribution in [0.1, 0.15) is 46.0 Å². The summed E-state index contributed by atoms with van der Waals surface area (Å²) in [5, 5.41) is 73.2. The Hall–Kier alpha value is -7.78. The molecular weight excluding hydrogens is 1130 g/mol. The van der Waals surface area contributed by atoms with Gasteiger partial charge in [-0.25, -0.2) is 29.2 Å². The van der Waals surface area contributed by atoms with Gasteiger partial charge in [-0.1, -0.05) is 12.8 Å². The number of aliphatic imine (C=N–C) groups is 2. The fraction of sp³-hybridized carbons (Fsp3) is 0.686. The van der Waals surface area contributed by atoms with Crippen LogP contribution in [-0.2, 0) is 66.7 Å². The molecule has 0 aromatic carbocycles. The lowest BCUT2D eigenvalue weighted by Crippen LogP contribution is -2.61. The normalized spacial score (nSPS) is 22.1. The molecule has 0 spiro atoms. The first-order chi connectivity index (χ1) is 40.5. The van der Waals surface area contributed by atoms with Crippen LogP contribution < -0.4 is 49.5 Å². The number of aliphatic hydroxyl groups excluding tert-OH is 4. The molecule has 3 aliphatic heterocycles. The molecule has 0 saturated carbocycles. The third-order valence-corrected chi connectivity index (χ3v) is 13.1. The Morgan fingerprint density at radius 2 is 1.07 bits per heavy atom. The van der Waals surface area contributed by atoms with Crippen LogP contribution in [-0.4, -0.2) is 255 Å². The summed E-state index contributed by atoms with van der Waals surface area (Å²) in [7, 11) is 0. The van der Waals surface area contributed by atoms with E-state index in [4.69, 9.17) is 67.3 Å². The zero-order chi connectivity index (χ0) is 63.0. The first kappa shape index (κ1) is 71.5. The molecule has 6 amide bonds. The SMILES string of the molecule is C#CCOCCOCCOCCOCCC(=O)N1C[C@@H](C(=O)NCCCCNC(=O)O[C@@H]([C@@H]2OC(C(=O)O)=C[C@H](N=C(N)N)[C@H]2C)[C@H](O)CO)[C@H](C(=O)NCCCCNC(=O)O[C@@H]([C@@H]2OC(C(=O)O)=C[C@H](N=C(N)N)[C@H]2NC(C)=O)[C@H](O)CO)C1. The number of carboxylic acids is 2. The van der Waals surface area contributed by atoms with Gasteiger partial charge in [-0.2, -0.15) is 0 Å². The van der Waals surface area contributed by atoms with Crippen molar-refractivity contribution in [3.63, 3.8) is 0 Å². The number of carbonyl (C=O) groups excluding carboxylic acids is 6. The Morgan fingerprint density at radius 3 is 1.51 bits per heavy atom. The average Bonchev–Trinajstić information content (AvgIpc) is 4.00. The number of nitrogens with zero attached hydrogens (tertiary/aromatic N) is 3. The number of nitrogens with one attached hydrogen (secondary N) is 5. The third kappa shape index (κ3) is 25.1. The molecule has 1 saturated heterocycles. The quantitative estimate of drug-likeness (QED) is 0.0118. The van der Waals surface area contributed by atoms with E-state index in [2.05, 4.69) is 42.5 Å². The summed E-state index contributed by atoms with van der Waals surface area (Å²) in [4.78, 5) is 112.